The van der Waals surface area contributed by atoms with Crippen LogP contribution in [0.3, 0.4) is 0 Å². The van der Waals surface area contributed by atoms with Crippen molar-refractivity contribution in [3.63, 3.8) is 0 Å². The predicted octanol–water partition coefficient (Wildman–Crippen LogP) is -0.234. The third-order valence-electron chi connectivity index (χ3n) is 2.82. The fourth-order valence-corrected chi connectivity index (χ4v) is 1.89. The van der Waals surface area contributed by atoms with Gasteiger partial charge in [-0.15, -0.1) is 5.10 Å². The van der Waals surface area contributed by atoms with E-state index in [1.165, 1.54) is 0 Å². The monoisotopic (exact) mass is 308 g/mol. The minimum atomic E-state index is -4.92. The zero-order valence-electron chi connectivity index (χ0n) is 10.6. The number of carbonyl (C=O) groups is 2. The Kier molecular flexibility index (Phi) is 4.11. The van der Waals surface area contributed by atoms with Crippen molar-refractivity contribution in [3.05, 3.63) is 11.9 Å². The van der Waals surface area contributed by atoms with Gasteiger partial charge in [0.15, 0.2) is 5.69 Å². The second kappa shape index (κ2) is 5.68. The van der Waals surface area contributed by atoms with E-state index in [9.17, 15) is 22.8 Å². The van der Waals surface area contributed by atoms with Gasteiger partial charge in [0.1, 0.15) is 0 Å². The minimum Gasteiger partial charge on any atom is -0.476 e. The van der Waals surface area contributed by atoms with Crippen molar-refractivity contribution < 1.29 is 32.6 Å². The number of halogens is 3. The normalized spacial score (nSPS) is 19.6. The summed E-state index contributed by atoms with van der Waals surface area (Å²) in [7, 11) is 0. The molecule has 2 rings (SSSR count). The molecule has 0 bridgehead atoms. The number of aromatic carboxylic acids is 1. The molecular weight excluding hydrogens is 297 g/mol. The number of amides is 1. The lowest BCUT2D eigenvalue weighted by atomic mass is 10.2. The Morgan fingerprint density at radius 1 is 1.48 bits per heavy atom. The molecule has 1 fully saturated rings. The molecule has 8 nitrogen and oxygen atoms in total. The van der Waals surface area contributed by atoms with E-state index in [0.717, 1.165) is 10.9 Å². The standard InChI is InChI=1S/C10H11F3N4O4/c11-10(12,13)9(20)16-1-2-21-6(3-16)4-17-5-7(8(18)19)14-15-17/h5-6H,1-4H2,(H,18,19). The summed E-state index contributed by atoms with van der Waals surface area (Å²) in [5, 5.41) is 15.6. The zero-order chi connectivity index (χ0) is 15.6. The van der Waals surface area contributed by atoms with E-state index >= 15 is 0 Å². The van der Waals surface area contributed by atoms with Crippen LogP contribution in [0.15, 0.2) is 6.20 Å². The first-order chi connectivity index (χ1) is 9.77. The lowest BCUT2D eigenvalue weighted by molar-refractivity contribution is -0.191. The van der Waals surface area contributed by atoms with Gasteiger partial charge < -0.3 is 14.7 Å². The lowest BCUT2D eigenvalue weighted by Crippen LogP contribution is -2.51. The van der Waals surface area contributed by atoms with Gasteiger partial charge in [0.05, 0.1) is 25.5 Å². The summed E-state index contributed by atoms with van der Waals surface area (Å²) < 4.78 is 43.5. The first-order valence-corrected chi connectivity index (χ1v) is 5.88. The van der Waals surface area contributed by atoms with Gasteiger partial charge in [0.2, 0.25) is 0 Å². The Bertz CT molecular complexity index is 545. The molecule has 1 N–H and O–H groups in total. The highest BCUT2D eigenvalue weighted by atomic mass is 19.4. The van der Waals surface area contributed by atoms with Crippen molar-refractivity contribution in [2.24, 2.45) is 0 Å². The summed E-state index contributed by atoms with van der Waals surface area (Å²) in [5.74, 6) is -3.18. The molecule has 1 aromatic rings. The Morgan fingerprint density at radius 3 is 2.76 bits per heavy atom. The quantitative estimate of drug-likeness (QED) is 0.828. The van der Waals surface area contributed by atoms with Crippen LogP contribution in [0.5, 0.6) is 0 Å². The maximum absolute atomic E-state index is 12.4. The minimum absolute atomic E-state index is 0.00190. The Labute approximate surface area is 116 Å². The van der Waals surface area contributed by atoms with Crippen LogP contribution in [0.25, 0.3) is 0 Å². The maximum atomic E-state index is 12.4. The van der Waals surface area contributed by atoms with Gasteiger partial charge in [-0.3, -0.25) is 4.79 Å². The number of aromatic nitrogens is 3. The largest absolute Gasteiger partial charge is 0.476 e. The Morgan fingerprint density at radius 2 is 2.19 bits per heavy atom. The van der Waals surface area contributed by atoms with Gasteiger partial charge in [-0.2, -0.15) is 13.2 Å². The van der Waals surface area contributed by atoms with Gasteiger partial charge in [0, 0.05) is 13.1 Å². The molecular formula is C10H11F3N4O4. The fraction of sp³-hybridized carbons (Fsp3) is 0.600. The van der Waals surface area contributed by atoms with Crippen LogP contribution in [-0.4, -0.2) is 68.9 Å². The number of morpholine rings is 1. The molecule has 11 heteroatoms. The molecule has 1 unspecified atom stereocenters. The molecule has 0 aliphatic carbocycles. The average Bonchev–Trinajstić information content (AvgIpc) is 2.86. The second-order valence-corrected chi connectivity index (χ2v) is 4.37. The van der Waals surface area contributed by atoms with Crippen LogP contribution < -0.4 is 0 Å². The van der Waals surface area contributed by atoms with E-state index in [1.54, 1.807) is 0 Å². The van der Waals surface area contributed by atoms with E-state index < -0.39 is 24.2 Å². The first kappa shape index (κ1) is 15.2. The number of hydrogen-bond donors (Lipinski definition) is 1. The SMILES string of the molecule is O=C(O)c1cn(CC2CN(C(=O)C(F)(F)F)CCO2)nn1. The molecule has 1 aliphatic rings. The van der Waals surface area contributed by atoms with E-state index in [1.807, 2.05) is 0 Å². The van der Waals surface area contributed by atoms with Gasteiger partial charge in [-0.05, 0) is 0 Å². The van der Waals surface area contributed by atoms with Crippen molar-refractivity contribution >= 4 is 11.9 Å². The molecule has 0 radical (unpaired) electrons. The number of nitrogens with zero attached hydrogens (tertiary/aromatic N) is 4. The number of rotatable bonds is 3. The van der Waals surface area contributed by atoms with Crippen molar-refractivity contribution in [1.29, 1.82) is 0 Å². The third-order valence-corrected chi connectivity index (χ3v) is 2.82. The number of ether oxygens (including phenoxy) is 1. The van der Waals surface area contributed by atoms with Crippen LogP contribution in [0.4, 0.5) is 13.2 Å². The molecule has 1 saturated heterocycles. The summed E-state index contributed by atoms with van der Waals surface area (Å²) in [5.41, 5.74) is -0.283. The highest BCUT2D eigenvalue weighted by Gasteiger charge is 2.43. The van der Waals surface area contributed by atoms with Crippen LogP contribution in [0.2, 0.25) is 0 Å². The third kappa shape index (κ3) is 3.68. The molecule has 1 aliphatic heterocycles. The Balaban J connectivity index is 1.98. The van der Waals surface area contributed by atoms with E-state index in [-0.39, 0.29) is 31.9 Å². The molecule has 0 saturated carbocycles. The van der Waals surface area contributed by atoms with Gasteiger partial charge >= 0.3 is 18.1 Å². The molecule has 1 aromatic heterocycles. The van der Waals surface area contributed by atoms with Crippen molar-refractivity contribution in [3.8, 4) is 0 Å². The molecule has 21 heavy (non-hydrogen) atoms. The van der Waals surface area contributed by atoms with E-state index in [2.05, 4.69) is 10.3 Å². The molecule has 0 spiro atoms. The summed E-state index contributed by atoms with van der Waals surface area (Å²) in [6.45, 7) is -0.428. The highest BCUT2D eigenvalue weighted by molar-refractivity contribution is 5.84. The van der Waals surface area contributed by atoms with Crippen LogP contribution >= 0.6 is 0 Å². The summed E-state index contributed by atoms with van der Waals surface area (Å²) in [6, 6.07) is 0. The van der Waals surface area contributed by atoms with Gasteiger partial charge in [-0.25, -0.2) is 9.48 Å². The number of alkyl halides is 3. The molecule has 1 amide bonds. The molecule has 1 atom stereocenters. The van der Waals surface area contributed by atoms with Gasteiger partial charge in [0.25, 0.3) is 0 Å². The smallest absolute Gasteiger partial charge is 0.471 e. The molecule has 116 valence electrons. The van der Waals surface area contributed by atoms with Crippen LogP contribution in [-0.2, 0) is 16.1 Å². The van der Waals surface area contributed by atoms with E-state index in [0.29, 0.717) is 4.90 Å². The van der Waals surface area contributed by atoms with Crippen molar-refractivity contribution in [2.45, 2.75) is 18.8 Å². The number of carbonyl (C=O) groups excluding carboxylic acids is 1. The average molecular weight is 308 g/mol. The fourth-order valence-electron chi connectivity index (χ4n) is 1.89. The van der Waals surface area contributed by atoms with Gasteiger partial charge in [-0.1, -0.05) is 5.21 Å². The number of carboxylic acid groups (broad SMARTS) is 1. The van der Waals surface area contributed by atoms with E-state index in [4.69, 9.17) is 9.84 Å². The summed E-state index contributed by atoms with van der Waals surface area (Å²) in [6.07, 6.45) is -4.50. The van der Waals surface area contributed by atoms with Crippen LogP contribution in [0.1, 0.15) is 10.5 Å². The lowest BCUT2D eigenvalue weighted by Gasteiger charge is -2.33. The number of carboxylic acids is 1. The zero-order valence-corrected chi connectivity index (χ0v) is 10.6. The van der Waals surface area contributed by atoms with Crippen LogP contribution in [0, 0.1) is 0 Å². The predicted molar refractivity (Wildman–Crippen MR) is 59.4 cm³/mol. The maximum Gasteiger partial charge on any atom is 0.471 e. The van der Waals surface area contributed by atoms with Crippen molar-refractivity contribution in [2.75, 3.05) is 19.7 Å². The summed E-state index contributed by atoms with van der Waals surface area (Å²) in [4.78, 5) is 22.4. The second-order valence-electron chi connectivity index (χ2n) is 4.37. The highest BCUT2D eigenvalue weighted by Crippen LogP contribution is 2.20. The van der Waals surface area contributed by atoms with Crippen molar-refractivity contribution in [1.82, 2.24) is 19.9 Å². The summed E-state index contributed by atoms with van der Waals surface area (Å²) >= 11 is 0. The Hall–Kier alpha value is -2.17. The molecule has 0 aromatic carbocycles. The first-order valence-electron chi connectivity index (χ1n) is 5.88. The topological polar surface area (TPSA) is 97.5 Å². The number of hydrogen-bond acceptors (Lipinski definition) is 5. The molecule has 2 heterocycles.